The fourth-order valence-electron chi connectivity index (χ4n) is 3.19. The Morgan fingerprint density at radius 3 is 2.46 bits per heavy atom. The third kappa shape index (κ3) is 4.73. The second kappa shape index (κ2) is 7.69. The van der Waals surface area contributed by atoms with Crippen LogP contribution in [0.1, 0.15) is 48.9 Å². The van der Waals surface area contributed by atoms with Crippen LogP contribution in [0, 0.1) is 11.8 Å². The molecule has 2 aliphatic rings. The van der Waals surface area contributed by atoms with Gasteiger partial charge in [0.25, 0.3) is 5.91 Å². The highest BCUT2D eigenvalue weighted by molar-refractivity contribution is 5.94. The number of carbonyl (C=O) groups excluding carboxylic acids is 1. The van der Waals surface area contributed by atoms with E-state index in [9.17, 15) is 9.59 Å². The van der Waals surface area contributed by atoms with Crippen molar-refractivity contribution in [1.82, 2.24) is 4.90 Å². The zero-order valence-corrected chi connectivity index (χ0v) is 13.9. The number of rotatable bonds is 6. The fourth-order valence-corrected chi connectivity index (χ4v) is 3.19. The Morgan fingerprint density at radius 1 is 1.04 bits per heavy atom. The molecule has 5 heteroatoms. The first kappa shape index (κ1) is 16.8. The third-order valence-corrected chi connectivity index (χ3v) is 4.88. The summed E-state index contributed by atoms with van der Waals surface area (Å²) < 4.78 is 5.70. The molecule has 24 heavy (non-hydrogen) atoms. The number of amides is 1. The Bertz CT molecular complexity index is 580. The molecule has 1 amide bonds. The van der Waals surface area contributed by atoms with Crippen LogP contribution in [-0.4, -0.2) is 41.6 Å². The van der Waals surface area contributed by atoms with E-state index in [0.29, 0.717) is 24.6 Å². The van der Waals surface area contributed by atoms with Gasteiger partial charge in [0, 0.05) is 25.1 Å². The number of hydrogen-bond acceptors (Lipinski definition) is 3. The molecule has 1 aromatic rings. The van der Waals surface area contributed by atoms with Crippen molar-refractivity contribution in [2.75, 3.05) is 19.7 Å². The quantitative estimate of drug-likeness (QED) is 0.869. The van der Waals surface area contributed by atoms with Crippen LogP contribution >= 0.6 is 0 Å². The van der Waals surface area contributed by atoms with Crippen LogP contribution in [0.5, 0.6) is 5.75 Å². The Kier molecular flexibility index (Phi) is 5.38. The van der Waals surface area contributed by atoms with Gasteiger partial charge in [0.2, 0.25) is 0 Å². The van der Waals surface area contributed by atoms with E-state index in [2.05, 4.69) is 0 Å². The number of carboxylic acids is 1. The zero-order valence-electron chi connectivity index (χ0n) is 13.9. The third-order valence-electron chi connectivity index (χ3n) is 4.88. The van der Waals surface area contributed by atoms with Gasteiger partial charge in [-0.2, -0.15) is 0 Å². The minimum atomic E-state index is -0.749. The summed E-state index contributed by atoms with van der Waals surface area (Å²) in [5.74, 6) is 0.984. The van der Waals surface area contributed by atoms with Crippen LogP contribution in [0.15, 0.2) is 24.3 Å². The van der Waals surface area contributed by atoms with Crippen molar-refractivity contribution >= 4 is 11.9 Å². The Balaban J connectivity index is 1.53. The molecule has 3 rings (SSSR count). The molecule has 1 atom stereocenters. The number of carboxylic acid groups (broad SMARTS) is 1. The lowest BCUT2D eigenvalue weighted by Gasteiger charge is -2.20. The van der Waals surface area contributed by atoms with Gasteiger partial charge < -0.3 is 14.7 Å². The minimum Gasteiger partial charge on any atom is -0.493 e. The first-order valence-corrected chi connectivity index (χ1v) is 8.86. The van der Waals surface area contributed by atoms with E-state index in [4.69, 9.17) is 9.84 Å². The summed E-state index contributed by atoms with van der Waals surface area (Å²) in [7, 11) is 0. The summed E-state index contributed by atoms with van der Waals surface area (Å²) in [6.45, 7) is 2.11. The van der Waals surface area contributed by atoms with Gasteiger partial charge in [-0.15, -0.1) is 0 Å². The highest BCUT2D eigenvalue weighted by Crippen LogP contribution is 2.29. The molecule has 1 N–H and O–H groups in total. The molecule has 1 aromatic carbocycles. The second-order valence-corrected chi connectivity index (χ2v) is 6.97. The smallest absolute Gasteiger partial charge is 0.303 e. The lowest BCUT2D eigenvalue weighted by Crippen LogP contribution is -2.32. The van der Waals surface area contributed by atoms with Crippen molar-refractivity contribution in [2.45, 2.75) is 38.5 Å². The summed E-state index contributed by atoms with van der Waals surface area (Å²) in [6, 6.07) is 7.37. The van der Waals surface area contributed by atoms with Crippen molar-refractivity contribution in [1.29, 1.82) is 0 Å². The van der Waals surface area contributed by atoms with Crippen LogP contribution in [0.3, 0.4) is 0 Å². The first-order valence-electron chi connectivity index (χ1n) is 8.86. The SMILES string of the molecule is O=C(O)C[C@@H]1CCCN(C(=O)c2ccc(OCC3CC3)cc2)CC1. The van der Waals surface area contributed by atoms with Crippen LogP contribution < -0.4 is 4.74 Å². The fraction of sp³-hybridized carbons (Fsp3) is 0.579. The van der Waals surface area contributed by atoms with Gasteiger partial charge in [-0.05, 0) is 68.2 Å². The zero-order chi connectivity index (χ0) is 16.9. The van der Waals surface area contributed by atoms with E-state index in [-0.39, 0.29) is 18.2 Å². The normalized spacial score (nSPS) is 21.2. The monoisotopic (exact) mass is 331 g/mol. The number of likely N-dealkylation sites (tertiary alicyclic amines) is 1. The highest BCUT2D eigenvalue weighted by atomic mass is 16.5. The summed E-state index contributed by atoms with van der Waals surface area (Å²) in [6.07, 6.45) is 5.23. The highest BCUT2D eigenvalue weighted by Gasteiger charge is 2.24. The molecule has 1 aliphatic heterocycles. The molecule has 0 bridgehead atoms. The maximum Gasteiger partial charge on any atom is 0.303 e. The molecule has 0 unspecified atom stereocenters. The maximum atomic E-state index is 12.6. The number of nitrogens with zero attached hydrogens (tertiary/aromatic N) is 1. The Labute approximate surface area is 142 Å². The number of hydrogen-bond donors (Lipinski definition) is 1. The summed E-state index contributed by atoms with van der Waals surface area (Å²) in [4.78, 5) is 25.3. The molecule has 5 nitrogen and oxygen atoms in total. The standard InChI is InChI=1S/C19H25NO4/c21-18(22)12-14-2-1-10-20(11-9-14)19(23)16-5-7-17(8-6-16)24-13-15-3-4-15/h5-8,14-15H,1-4,9-13H2,(H,21,22)/t14-/m1/s1. The molecule has 0 aromatic heterocycles. The molecule has 2 fully saturated rings. The molecule has 130 valence electrons. The van der Waals surface area contributed by atoms with E-state index < -0.39 is 5.97 Å². The molecule has 1 saturated heterocycles. The lowest BCUT2D eigenvalue weighted by molar-refractivity contribution is -0.138. The molecule has 0 spiro atoms. The van der Waals surface area contributed by atoms with Crippen LogP contribution in [0.2, 0.25) is 0 Å². The molecule has 1 saturated carbocycles. The minimum absolute atomic E-state index is 0.0275. The van der Waals surface area contributed by atoms with Crippen LogP contribution in [0.4, 0.5) is 0 Å². The average molecular weight is 331 g/mol. The van der Waals surface area contributed by atoms with Gasteiger partial charge in [0.15, 0.2) is 0 Å². The van der Waals surface area contributed by atoms with E-state index >= 15 is 0 Å². The number of aliphatic carboxylic acids is 1. The van der Waals surface area contributed by atoms with Crippen LogP contribution in [0.25, 0.3) is 0 Å². The van der Waals surface area contributed by atoms with Crippen molar-refractivity contribution < 1.29 is 19.4 Å². The number of carbonyl (C=O) groups is 2. The summed E-state index contributed by atoms with van der Waals surface area (Å²) in [5.41, 5.74) is 0.672. The van der Waals surface area contributed by atoms with E-state index in [1.165, 1.54) is 12.8 Å². The summed E-state index contributed by atoms with van der Waals surface area (Å²) >= 11 is 0. The average Bonchev–Trinajstić information content (AvgIpc) is 3.40. The molecule has 1 aliphatic carbocycles. The lowest BCUT2D eigenvalue weighted by atomic mass is 9.97. The van der Waals surface area contributed by atoms with Gasteiger partial charge >= 0.3 is 5.97 Å². The molecular formula is C19H25NO4. The van der Waals surface area contributed by atoms with E-state index in [1.54, 1.807) is 0 Å². The molecular weight excluding hydrogens is 306 g/mol. The Hall–Kier alpha value is -2.04. The van der Waals surface area contributed by atoms with Crippen molar-refractivity contribution in [3.8, 4) is 5.75 Å². The van der Waals surface area contributed by atoms with Gasteiger partial charge in [0.05, 0.1) is 6.61 Å². The van der Waals surface area contributed by atoms with Crippen LogP contribution in [-0.2, 0) is 4.79 Å². The van der Waals surface area contributed by atoms with Gasteiger partial charge in [-0.3, -0.25) is 9.59 Å². The largest absolute Gasteiger partial charge is 0.493 e. The predicted octanol–water partition coefficient (Wildman–Crippen LogP) is 3.19. The van der Waals surface area contributed by atoms with Gasteiger partial charge in [-0.25, -0.2) is 0 Å². The summed E-state index contributed by atoms with van der Waals surface area (Å²) in [5, 5.41) is 8.93. The number of benzene rings is 1. The maximum absolute atomic E-state index is 12.6. The topological polar surface area (TPSA) is 66.8 Å². The van der Waals surface area contributed by atoms with Crippen molar-refractivity contribution in [3.63, 3.8) is 0 Å². The first-order chi connectivity index (χ1) is 11.6. The molecule has 0 radical (unpaired) electrons. The Morgan fingerprint density at radius 2 is 1.79 bits per heavy atom. The second-order valence-electron chi connectivity index (χ2n) is 6.97. The van der Waals surface area contributed by atoms with Gasteiger partial charge in [-0.1, -0.05) is 0 Å². The van der Waals surface area contributed by atoms with Crippen molar-refractivity contribution in [3.05, 3.63) is 29.8 Å². The molecule has 1 heterocycles. The van der Waals surface area contributed by atoms with Crippen molar-refractivity contribution in [2.24, 2.45) is 11.8 Å². The number of ether oxygens (including phenoxy) is 1. The van der Waals surface area contributed by atoms with E-state index in [1.807, 2.05) is 29.2 Å². The van der Waals surface area contributed by atoms with Gasteiger partial charge in [0.1, 0.15) is 5.75 Å². The predicted molar refractivity (Wildman–Crippen MR) is 90.2 cm³/mol. The van der Waals surface area contributed by atoms with E-state index in [0.717, 1.165) is 31.6 Å².